The summed E-state index contributed by atoms with van der Waals surface area (Å²) in [6.07, 6.45) is 0. The molecule has 0 amide bonds. The molecular formula is C14H15NS. The Morgan fingerprint density at radius 3 is 2.31 bits per heavy atom. The molecule has 16 heavy (non-hydrogen) atoms. The van der Waals surface area contributed by atoms with Crippen molar-refractivity contribution in [1.29, 1.82) is 0 Å². The third-order valence-corrected chi connectivity index (χ3v) is 3.70. The van der Waals surface area contributed by atoms with Crippen LogP contribution in [0, 0.1) is 13.8 Å². The predicted octanol–water partition coefficient (Wildman–Crippen LogP) is 4.04. The summed E-state index contributed by atoms with van der Waals surface area (Å²) in [6, 6.07) is 14.6. The van der Waals surface area contributed by atoms with Crippen molar-refractivity contribution in [1.82, 2.24) is 0 Å². The molecule has 0 aliphatic rings. The number of anilines is 1. The second kappa shape index (κ2) is 4.62. The molecule has 0 unspecified atom stereocenters. The van der Waals surface area contributed by atoms with Gasteiger partial charge in [-0.05, 0) is 49.2 Å². The fourth-order valence-corrected chi connectivity index (χ4v) is 2.54. The first kappa shape index (κ1) is 11.1. The molecule has 0 atom stereocenters. The minimum atomic E-state index is 0.870. The first-order valence-corrected chi connectivity index (χ1v) is 6.08. The van der Waals surface area contributed by atoms with Crippen LogP contribution in [0.15, 0.2) is 52.3 Å². The van der Waals surface area contributed by atoms with E-state index < -0.39 is 0 Å². The van der Waals surface area contributed by atoms with Gasteiger partial charge in [0.15, 0.2) is 0 Å². The lowest BCUT2D eigenvalue weighted by molar-refractivity contribution is 1.26. The summed E-state index contributed by atoms with van der Waals surface area (Å²) in [6.45, 7) is 4.14. The van der Waals surface area contributed by atoms with Crippen LogP contribution >= 0.6 is 11.8 Å². The molecular weight excluding hydrogens is 214 g/mol. The van der Waals surface area contributed by atoms with Gasteiger partial charge in [0.1, 0.15) is 0 Å². The summed E-state index contributed by atoms with van der Waals surface area (Å²) in [5.74, 6) is 0. The predicted molar refractivity (Wildman–Crippen MR) is 70.9 cm³/mol. The Labute approximate surface area is 101 Å². The standard InChI is InChI=1S/C14H15NS/c1-10-9-14(11(2)8-13(10)15)16-12-6-4-3-5-7-12/h3-9H,15H2,1-2H3. The Balaban J connectivity index is 2.32. The molecule has 0 spiro atoms. The number of rotatable bonds is 2. The average Bonchev–Trinajstić information content (AvgIpc) is 2.27. The molecule has 0 radical (unpaired) electrons. The van der Waals surface area contributed by atoms with Crippen molar-refractivity contribution in [2.75, 3.05) is 5.73 Å². The van der Waals surface area contributed by atoms with Gasteiger partial charge in [0.05, 0.1) is 0 Å². The number of hydrogen-bond acceptors (Lipinski definition) is 2. The Hall–Kier alpha value is -1.41. The van der Waals surface area contributed by atoms with Crippen LogP contribution in [0.2, 0.25) is 0 Å². The Morgan fingerprint density at radius 1 is 0.938 bits per heavy atom. The Kier molecular flexibility index (Phi) is 3.20. The molecule has 0 saturated heterocycles. The molecule has 2 aromatic carbocycles. The molecule has 0 bridgehead atoms. The highest BCUT2D eigenvalue weighted by molar-refractivity contribution is 7.99. The van der Waals surface area contributed by atoms with Gasteiger partial charge < -0.3 is 5.73 Å². The maximum atomic E-state index is 5.87. The van der Waals surface area contributed by atoms with Gasteiger partial charge >= 0.3 is 0 Å². The fourth-order valence-electron chi connectivity index (χ4n) is 1.54. The van der Waals surface area contributed by atoms with E-state index in [1.165, 1.54) is 15.4 Å². The zero-order valence-electron chi connectivity index (χ0n) is 9.53. The molecule has 0 heterocycles. The molecule has 0 aliphatic heterocycles. The maximum Gasteiger partial charge on any atom is 0.0347 e. The summed E-state index contributed by atoms with van der Waals surface area (Å²) >= 11 is 1.78. The van der Waals surface area contributed by atoms with Crippen molar-refractivity contribution in [3.8, 4) is 0 Å². The van der Waals surface area contributed by atoms with Crippen molar-refractivity contribution in [2.45, 2.75) is 23.6 Å². The van der Waals surface area contributed by atoms with E-state index in [4.69, 9.17) is 5.73 Å². The van der Waals surface area contributed by atoms with E-state index in [9.17, 15) is 0 Å². The minimum absolute atomic E-state index is 0.870. The van der Waals surface area contributed by atoms with E-state index in [0.717, 1.165) is 11.3 Å². The van der Waals surface area contributed by atoms with E-state index >= 15 is 0 Å². The lowest BCUT2D eigenvalue weighted by Crippen LogP contribution is -1.91. The molecule has 0 fully saturated rings. The van der Waals surface area contributed by atoms with Crippen molar-refractivity contribution < 1.29 is 0 Å². The van der Waals surface area contributed by atoms with Crippen molar-refractivity contribution >= 4 is 17.4 Å². The molecule has 82 valence electrons. The van der Waals surface area contributed by atoms with Gasteiger partial charge in [-0.1, -0.05) is 30.0 Å². The molecule has 0 saturated carbocycles. The summed E-state index contributed by atoms with van der Waals surface area (Å²) in [5.41, 5.74) is 9.12. The fraction of sp³-hybridized carbons (Fsp3) is 0.143. The van der Waals surface area contributed by atoms with Gasteiger partial charge in [0.25, 0.3) is 0 Å². The van der Waals surface area contributed by atoms with E-state index in [2.05, 4.69) is 37.3 Å². The highest BCUT2D eigenvalue weighted by atomic mass is 32.2. The SMILES string of the molecule is Cc1cc(Sc2ccccc2)c(C)cc1N. The van der Waals surface area contributed by atoms with Crippen LogP contribution in [0.1, 0.15) is 11.1 Å². The molecule has 0 aliphatic carbocycles. The van der Waals surface area contributed by atoms with Gasteiger partial charge in [-0.2, -0.15) is 0 Å². The smallest absolute Gasteiger partial charge is 0.0347 e. The number of nitrogens with two attached hydrogens (primary N) is 1. The normalized spacial score (nSPS) is 10.4. The summed E-state index contributed by atoms with van der Waals surface area (Å²) in [5, 5.41) is 0. The van der Waals surface area contributed by atoms with Crippen LogP contribution in [0.25, 0.3) is 0 Å². The largest absolute Gasteiger partial charge is 0.399 e. The lowest BCUT2D eigenvalue weighted by atomic mass is 10.1. The number of benzene rings is 2. The zero-order valence-corrected chi connectivity index (χ0v) is 10.3. The molecule has 0 aromatic heterocycles. The van der Waals surface area contributed by atoms with Gasteiger partial charge in [-0.25, -0.2) is 0 Å². The number of hydrogen-bond donors (Lipinski definition) is 1. The van der Waals surface area contributed by atoms with Crippen molar-refractivity contribution in [3.63, 3.8) is 0 Å². The number of nitrogen functional groups attached to an aromatic ring is 1. The molecule has 2 rings (SSSR count). The minimum Gasteiger partial charge on any atom is -0.399 e. The third-order valence-electron chi connectivity index (χ3n) is 2.53. The summed E-state index contributed by atoms with van der Waals surface area (Å²) < 4.78 is 0. The van der Waals surface area contributed by atoms with Gasteiger partial charge in [0.2, 0.25) is 0 Å². The van der Waals surface area contributed by atoms with Crippen LogP contribution in [0.4, 0.5) is 5.69 Å². The van der Waals surface area contributed by atoms with Crippen LogP contribution in [-0.2, 0) is 0 Å². The molecule has 2 aromatic rings. The van der Waals surface area contributed by atoms with E-state index in [-0.39, 0.29) is 0 Å². The van der Waals surface area contributed by atoms with Crippen molar-refractivity contribution in [3.05, 3.63) is 53.6 Å². The van der Waals surface area contributed by atoms with E-state index in [1.54, 1.807) is 11.8 Å². The van der Waals surface area contributed by atoms with Crippen LogP contribution < -0.4 is 5.73 Å². The van der Waals surface area contributed by atoms with Gasteiger partial charge in [-0.3, -0.25) is 0 Å². The highest BCUT2D eigenvalue weighted by Crippen LogP contribution is 2.32. The zero-order chi connectivity index (χ0) is 11.5. The Morgan fingerprint density at radius 2 is 1.62 bits per heavy atom. The second-order valence-corrected chi connectivity index (χ2v) is 5.00. The van der Waals surface area contributed by atoms with Crippen LogP contribution in [-0.4, -0.2) is 0 Å². The van der Waals surface area contributed by atoms with Crippen LogP contribution in [0.5, 0.6) is 0 Å². The average molecular weight is 229 g/mol. The second-order valence-electron chi connectivity index (χ2n) is 3.89. The van der Waals surface area contributed by atoms with Crippen molar-refractivity contribution in [2.24, 2.45) is 0 Å². The quantitative estimate of drug-likeness (QED) is 0.787. The lowest BCUT2D eigenvalue weighted by Gasteiger charge is -2.09. The highest BCUT2D eigenvalue weighted by Gasteiger charge is 2.03. The monoisotopic (exact) mass is 229 g/mol. The van der Waals surface area contributed by atoms with E-state index in [0.29, 0.717) is 0 Å². The van der Waals surface area contributed by atoms with Gasteiger partial charge in [0, 0.05) is 15.5 Å². The number of aryl methyl sites for hydroxylation is 2. The maximum absolute atomic E-state index is 5.87. The molecule has 2 N–H and O–H groups in total. The van der Waals surface area contributed by atoms with Gasteiger partial charge in [-0.15, -0.1) is 0 Å². The third kappa shape index (κ3) is 2.39. The first-order chi connectivity index (χ1) is 7.66. The summed E-state index contributed by atoms with van der Waals surface area (Å²) in [4.78, 5) is 2.53. The van der Waals surface area contributed by atoms with Crippen LogP contribution in [0.3, 0.4) is 0 Å². The Bertz CT molecular complexity index is 492. The topological polar surface area (TPSA) is 26.0 Å². The molecule has 2 heteroatoms. The van der Waals surface area contributed by atoms with E-state index in [1.807, 2.05) is 19.1 Å². The molecule has 1 nitrogen and oxygen atoms in total. The first-order valence-electron chi connectivity index (χ1n) is 5.26. The summed E-state index contributed by atoms with van der Waals surface area (Å²) in [7, 11) is 0.